The minimum Gasteiger partial charge on any atom is -0.432 e. The third-order valence-corrected chi connectivity index (χ3v) is 21.3. The van der Waals surface area contributed by atoms with Gasteiger partial charge in [-0.15, -0.1) is 0 Å². The number of hydrogen-bond acceptors (Lipinski definition) is 32. The Balaban J connectivity index is 0.919. The van der Waals surface area contributed by atoms with Crippen LogP contribution >= 0.6 is 0 Å². The smallest absolute Gasteiger partial charge is 0.314 e. The average molecular weight is 1280 g/mol. The first kappa shape index (κ1) is 68.9. The van der Waals surface area contributed by atoms with Crippen LogP contribution < -0.4 is 0 Å². The lowest BCUT2D eigenvalue weighted by molar-refractivity contribution is -0.400. The second kappa shape index (κ2) is 26.7. The van der Waals surface area contributed by atoms with Gasteiger partial charge in [-0.2, -0.15) is 0 Å². The van der Waals surface area contributed by atoms with Crippen LogP contribution in [0.3, 0.4) is 0 Å². The van der Waals surface area contributed by atoms with Crippen LogP contribution in [0, 0.1) is 28.1 Å². The molecule has 506 valence electrons. The standard InChI is InChI=1S/C56H90O32/c1-19-12-55-10-6-26-53(3,8-5-9-54(26,4)52(76)87-50-44(85-46-38(72)34(68)28(62)20(2)77-46)42(32(66)24(16-60)81-50)83-47-39(73)35(69)29(63)21(13-57)78-47)27(55)7-11-56(19,18-55)88-51-45(86-49-41(75)37(71)31(65)23(15-59)80-49)43(33(67)25(17-61)82-51)84-48-40(74)36(70)30(64)22(14-58)79-48/h20-51,57-75H,1,5-18H2,2-4H3/t20?,21?,22?,23?,24?,25?,26?,27-,28?,29?,30?,31?,32?,33?,34?,35?,36?,37?,38?,39?,40?,41?,42?,43?,44?,45?,46?,47?,48?,49?,50?,51?,53+,54+,55+,56-/m0/s1. The van der Waals surface area contributed by atoms with Crippen LogP contribution in [0.1, 0.15) is 78.6 Å². The molecule has 0 aromatic rings. The molecule has 6 saturated heterocycles. The molecule has 2 bridgehead atoms. The molecule has 4 saturated carbocycles. The quantitative estimate of drug-likeness (QED) is 0.0365. The molecule has 19 N–H and O–H groups in total. The number of carbonyl (C=O) groups excluding carboxylic acids is 1. The lowest BCUT2D eigenvalue weighted by atomic mass is 9.41. The highest BCUT2D eigenvalue weighted by Crippen LogP contribution is 2.74. The molecule has 6 heterocycles. The molecule has 10 rings (SSSR count). The number of hydrogen-bond donors (Lipinski definition) is 19. The summed E-state index contributed by atoms with van der Waals surface area (Å²) in [5.41, 5.74) is -3.13. The Labute approximate surface area is 505 Å². The molecule has 88 heavy (non-hydrogen) atoms. The molecular weight excluding hydrogens is 1180 g/mol. The fraction of sp³-hybridized carbons (Fsp3) is 0.946. The predicted molar refractivity (Wildman–Crippen MR) is 283 cm³/mol. The van der Waals surface area contributed by atoms with Crippen molar-refractivity contribution in [1.82, 2.24) is 0 Å². The van der Waals surface area contributed by atoms with E-state index in [-0.39, 0.29) is 12.3 Å². The van der Waals surface area contributed by atoms with Crippen LogP contribution in [0.5, 0.6) is 0 Å². The van der Waals surface area contributed by atoms with Crippen molar-refractivity contribution in [3.8, 4) is 0 Å². The van der Waals surface area contributed by atoms with E-state index in [1.54, 1.807) is 6.92 Å². The summed E-state index contributed by atoms with van der Waals surface area (Å²) in [5.74, 6) is -1.35. The number of ether oxygens (including phenoxy) is 12. The van der Waals surface area contributed by atoms with E-state index in [4.69, 9.17) is 56.8 Å². The highest BCUT2D eigenvalue weighted by molar-refractivity contribution is 5.77. The van der Waals surface area contributed by atoms with Gasteiger partial charge in [0, 0.05) is 0 Å². The second-order valence-corrected chi connectivity index (χ2v) is 26.4. The summed E-state index contributed by atoms with van der Waals surface area (Å²) in [6.07, 6.45) is -50.1. The fourth-order valence-corrected chi connectivity index (χ4v) is 16.4. The number of carbonyl (C=O) groups is 1. The van der Waals surface area contributed by atoms with E-state index in [9.17, 15) is 97.0 Å². The van der Waals surface area contributed by atoms with Crippen molar-refractivity contribution in [3.05, 3.63) is 12.2 Å². The van der Waals surface area contributed by atoms with E-state index >= 15 is 4.79 Å². The Morgan fingerprint density at radius 3 is 1.31 bits per heavy atom. The fourth-order valence-electron chi connectivity index (χ4n) is 16.4. The van der Waals surface area contributed by atoms with E-state index in [0.29, 0.717) is 56.9 Å². The molecule has 10 fully saturated rings. The molecule has 31 unspecified atom stereocenters. The Hall–Kier alpha value is -1.99. The molecule has 0 radical (unpaired) electrons. The molecule has 0 aromatic carbocycles. The van der Waals surface area contributed by atoms with Gasteiger partial charge in [0.2, 0.25) is 6.29 Å². The van der Waals surface area contributed by atoms with Crippen LogP contribution in [0.2, 0.25) is 0 Å². The van der Waals surface area contributed by atoms with Crippen molar-refractivity contribution < 1.29 is 159 Å². The first-order valence-electron chi connectivity index (χ1n) is 30.3. The lowest BCUT2D eigenvalue weighted by Gasteiger charge is -2.64. The van der Waals surface area contributed by atoms with E-state index < -0.39 is 251 Å². The first-order chi connectivity index (χ1) is 41.6. The van der Waals surface area contributed by atoms with Gasteiger partial charge in [-0.3, -0.25) is 4.79 Å². The average Bonchev–Trinajstić information content (AvgIpc) is 1.41. The van der Waals surface area contributed by atoms with Crippen LogP contribution in [-0.2, 0) is 61.6 Å². The van der Waals surface area contributed by atoms with Crippen molar-refractivity contribution in [3.63, 3.8) is 0 Å². The second-order valence-electron chi connectivity index (χ2n) is 26.4. The molecule has 0 aromatic heterocycles. The van der Waals surface area contributed by atoms with Crippen molar-refractivity contribution in [1.29, 1.82) is 0 Å². The zero-order valence-electron chi connectivity index (χ0n) is 48.9. The maximum absolute atomic E-state index is 15.4. The number of esters is 1. The Morgan fingerprint density at radius 1 is 0.455 bits per heavy atom. The Bertz CT molecular complexity index is 2380. The molecule has 1 spiro atoms. The van der Waals surface area contributed by atoms with Crippen LogP contribution in [-0.4, -0.2) is 326 Å². The molecular formula is C56H90O32. The summed E-state index contributed by atoms with van der Waals surface area (Å²) in [6.45, 7) is 5.42. The molecule has 10 aliphatic rings. The molecule has 32 heteroatoms. The zero-order chi connectivity index (χ0) is 64.0. The molecule has 32 nitrogen and oxygen atoms in total. The number of fused-ring (bicyclic) bond motifs is 3. The van der Waals surface area contributed by atoms with Crippen LogP contribution in [0.25, 0.3) is 0 Å². The predicted octanol–water partition coefficient (Wildman–Crippen LogP) is -8.44. The summed E-state index contributed by atoms with van der Waals surface area (Å²) in [6, 6.07) is 0. The SMILES string of the molecule is C=C1C[C@@]23CCC4[C@](C)(C(=O)OC5OC(CO)C(O)C(OC6OC(CO)C(O)C(O)C6O)C5OC5OC(C)C(O)C(O)C5O)CCC[C@@]4(C)[C@@H]2CC[C@]1(OC1OC(CO)C(O)C(OC2OC(CO)C(O)C(O)C2O)C1OC1OC(CO)C(O)C(O)C1O)C3. The van der Waals surface area contributed by atoms with Crippen molar-refractivity contribution in [2.45, 2.75) is 268 Å². The van der Waals surface area contributed by atoms with Gasteiger partial charge >= 0.3 is 5.97 Å². The summed E-state index contributed by atoms with van der Waals surface area (Å²) in [7, 11) is 0. The molecule has 4 aliphatic carbocycles. The van der Waals surface area contributed by atoms with E-state index in [2.05, 4.69) is 13.5 Å². The van der Waals surface area contributed by atoms with Gasteiger partial charge in [0.1, 0.15) is 134 Å². The highest BCUT2D eigenvalue weighted by atomic mass is 16.8. The minimum atomic E-state index is -2.03. The van der Waals surface area contributed by atoms with E-state index in [1.807, 2.05) is 0 Å². The third-order valence-electron chi connectivity index (χ3n) is 21.3. The number of aliphatic hydroxyl groups excluding tert-OH is 19. The Morgan fingerprint density at radius 2 is 0.841 bits per heavy atom. The Kier molecular flexibility index (Phi) is 20.9. The highest BCUT2D eigenvalue weighted by Gasteiger charge is 2.70. The van der Waals surface area contributed by atoms with E-state index in [0.717, 1.165) is 0 Å². The van der Waals surface area contributed by atoms with E-state index in [1.165, 1.54) is 6.92 Å². The van der Waals surface area contributed by atoms with Crippen molar-refractivity contribution in [2.75, 3.05) is 33.0 Å². The molecule has 0 amide bonds. The third kappa shape index (κ3) is 12.0. The normalized spacial score (nSPS) is 55.0. The van der Waals surface area contributed by atoms with Gasteiger partial charge in [-0.25, -0.2) is 0 Å². The van der Waals surface area contributed by atoms with Gasteiger partial charge in [-0.05, 0) is 93.5 Å². The van der Waals surface area contributed by atoms with Gasteiger partial charge in [0.05, 0.1) is 50.2 Å². The largest absolute Gasteiger partial charge is 0.432 e. The zero-order valence-corrected chi connectivity index (χ0v) is 48.9. The van der Waals surface area contributed by atoms with Gasteiger partial charge in [-0.1, -0.05) is 19.9 Å². The van der Waals surface area contributed by atoms with Crippen molar-refractivity contribution in [2.24, 2.45) is 28.1 Å². The summed E-state index contributed by atoms with van der Waals surface area (Å²) in [5, 5.41) is 205. The van der Waals surface area contributed by atoms with Crippen LogP contribution in [0.15, 0.2) is 12.2 Å². The monoisotopic (exact) mass is 1270 g/mol. The first-order valence-corrected chi connectivity index (χ1v) is 30.3. The lowest BCUT2D eigenvalue weighted by Crippen LogP contribution is -2.68. The van der Waals surface area contributed by atoms with Gasteiger partial charge in [0.15, 0.2) is 37.6 Å². The topological polar surface area (TPSA) is 512 Å². The number of aliphatic hydroxyl groups is 19. The minimum absolute atomic E-state index is 0.133. The maximum atomic E-state index is 15.4. The summed E-state index contributed by atoms with van der Waals surface area (Å²) < 4.78 is 73.2. The van der Waals surface area contributed by atoms with Crippen LogP contribution in [0.4, 0.5) is 0 Å². The summed E-state index contributed by atoms with van der Waals surface area (Å²) in [4.78, 5) is 15.4. The van der Waals surface area contributed by atoms with Crippen molar-refractivity contribution >= 4 is 5.97 Å². The molecule has 36 atom stereocenters. The molecule has 6 aliphatic heterocycles. The maximum Gasteiger partial charge on any atom is 0.314 e. The van der Waals surface area contributed by atoms with Gasteiger partial charge < -0.3 is 154 Å². The summed E-state index contributed by atoms with van der Waals surface area (Å²) >= 11 is 0. The van der Waals surface area contributed by atoms with Gasteiger partial charge in [0.25, 0.3) is 0 Å². The number of rotatable bonds is 17.